The van der Waals surface area contributed by atoms with Gasteiger partial charge in [-0.1, -0.05) is 24.3 Å². The van der Waals surface area contributed by atoms with E-state index in [4.69, 9.17) is 11.6 Å². The van der Waals surface area contributed by atoms with Crippen molar-refractivity contribution in [2.24, 2.45) is 0 Å². The number of aliphatic hydroxyl groups is 1. The maximum absolute atomic E-state index is 9.75. The molecule has 4 unspecified atom stereocenters. The fraction of sp³-hybridized carbons (Fsp3) is 0.455. The van der Waals surface area contributed by atoms with Crippen LogP contribution in [0.25, 0.3) is 0 Å². The molecule has 3 rings (SSSR count). The smallest absolute Gasteiger partial charge is 0.0629 e. The Morgan fingerprint density at radius 3 is 2.69 bits per heavy atom. The van der Waals surface area contributed by atoms with Crippen molar-refractivity contribution in [1.29, 1.82) is 0 Å². The fourth-order valence-electron chi connectivity index (χ4n) is 2.83. The van der Waals surface area contributed by atoms with E-state index < -0.39 is 0 Å². The molecule has 2 bridgehead atoms. The molecule has 1 fully saturated rings. The first kappa shape index (κ1) is 7.84. The Bertz CT molecular complexity index is 350. The van der Waals surface area contributed by atoms with Crippen molar-refractivity contribution in [1.82, 2.24) is 0 Å². The van der Waals surface area contributed by atoms with E-state index in [9.17, 15) is 5.11 Å². The van der Waals surface area contributed by atoms with E-state index in [1.165, 1.54) is 11.1 Å². The average Bonchev–Trinajstić information content (AvgIpc) is 2.56. The molecule has 1 nitrogen and oxygen atoms in total. The molecule has 2 heteroatoms. The van der Waals surface area contributed by atoms with Gasteiger partial charge in [-0.05, 0) is 17.5 Å². The van der Waals surface area contributed by atoms with E-state index in [1.807, 2.05) is 6.07 Å². The lowest BCUT2D eigenvalue weighted by atomic mass is 9.90. The lowest BCUT2D eigenvalue weighted by Gasteiger charge is -2.19. The molecule has 1 saturated carbocycles. The summed E-state index contributed by atoms with van der Waals surface area (Å²) in [7, 11) is 0. The normalized spacial score (nSPS) is 40.8. The maximum Gasteiger partial charge on any atom is 0.0629 e. The number of fused-ring (bicyclic) bond motifs is 5. The molecule has 0 spiro atoms. The highest BCUT2D eigenvalue weighted by atomic mass is 35.5. The molecule has 0 amide bonds. The summed E-state index contributed by atoms with van der Waals surface area (Å²) < 4.78 is 0. The number of aliphatic hydroxyl groups excluding tert-OH is 1. The molecule has 2 aliphatic rings. The van der Waals surface area contributed by atoms with Crippen LogP contribution < -0.4 is 0 Å². The van der Waals surface area contributed by atoms with Gasteiger partial charge in [0, 0.05) is 17.2 Å². The second-order valence-electron chi connectivity index (χ2n) is 4.01. The summed E-state index contributed by atoms with van der Waals surface area (Å²) in [4.78, 5) is 0. The number of halogens is 1. The van der Waals surface area contributed by atoms with Crippen LogP contribution in [0.4, 0.5) is 0 Å². The van der Waals surface area contributed by atoms with Gasteiger partial charge in [-0.3, -0.25) is 0 Å². The summed E-state index contributed by atoms with van der Waals surface area (Å²) >= 11 is 6.28. The highest BCUT2D eigenvalue weighted by molar-refractivity contribution is 6.22. The number of hydrogen-bond acceptors (Lipinski definition) is 1. The fourth-order valence-corrected chi connectivity index (χ4v) is 3.37. The van der Waals surface area contributed by atoms with Crippen LogP contribution in [0.2, 0.25) is 0 Å². The van der Waals surface area contributed by atoms with Crippen molar-refractivity contribution in [3.05, 3.63) is 35.4 Å². The molecule has 1 N–H and O–H groups in total. The van der Waals surface area contributed by atoms with Crippen LogP contribution in [0.3, 0.4) is 0 Å². The molecule has 0 aromatic heterocycles. The van der Waals surface area contributed by atoms with Gasteiger partial charge in [0.1, 0.15) is 0 Å². The van der Waals surface area contributed by atoms with Crippen molar-refractivity contribution in [3.8, 4) is 0 Å². The molecule has 13 heavy (non-hydrogen) atoms. The SMILES string of the molecule is OC1CC2c3ccccc3C1C2Cl. The lowest BCUT2D eigenvalue weighted by molar-refractivity contribution is 0.158. The van der Waals surface area contributed by atoms with E-state index in [0.717, 1.165) is 6.42 Å². The summed E-state index contributed by atoms with van der Waals surface area (Å²) in [6, 6.07) is 8.31. The van der Waals surface area contributed by atoms with Gasteiger partial charge in [-0.15, -0.1) is 11.6 Å². The van der Waals surface area contributed by atoms with Gasteiger partial charge in [0.05, 0.1) is 6.10 Å². The summed E-state index contributed by atoms with van der Waals surface area (Å²) in [5.74, 6) is 0.570. The third kappa shape index (κ3) is 0.866. The minimum atomic E-state index is -0.220. The van der Waals surface area contributed by atoms with Gasteiger partial charge < -0.3 is 5.11 Å². The third-order valence-corrected chi connectivity index (χ3v) is 3.97. The van der Waals surface area contributed by atoms with Crippen LogP contribution in [0.5, 0.6) is 0 Å². The second-order valence-corrected chi connectivity index (χ2v) is 4.51. The Kier molecular flexibility index (Phi) is 1.50. The summed E-state index contributed by atoms with van der Waals surface area (Å²) in [6.45, 7) is 0. The van der Waals surface area contributed by atoms with E-state index in [-0.39, 0.29) is 17.4 Å². The first-order valence-electron chi connectivity index (χ1n) is 4.70. The Morgan fingerprint density at radius 1 is 1.23 bits per heavy atom. The molecule has 68 valence electrons. The van der Waals surface area contributed by atoms with Crippen LogP contribution in [-0.4, -0.2) is 16.6 Å². The van der Waals surface area contributed by atoms with Gasteiger partial charge >= 0.3 is 0 Å². The molecule has 4 atom stereocenters. The maximum atomic E-state index is 9.75. The minimum absolute atomic E-state index is 0.118. The van der Waals surface area contributed by atoms with E-state index in [2.05, 4.69) is 18.2 Å². The molecule has 2 aliphatic carbocycles. The molecule has 1 aromatic carbocycles. The van der Waals surface area contributed by atoms with E-state index >= 15 is 0 Å². The Morgan fingerprint density at radius 2 is 1.92 bits per heavy atom. The number of benzene rings is 1. The van der Waals surface area contributed by atoms with Gasteiger partial charge in [-0.2, -0.15) is 0 Å². The van der Waals surface area contributed by atoms with Crippen LogP contribution in [0.1, 0.15) is 29.4 Å². The average molecular weight is 195 g/mol. The zero-order valence-corrected chi connectivity index (χ0v) is 7.91. The number of rotatable bonds is 0. The molecular formula is C11H11ClO. The Hall–Kier alpha value is -0.530. The number of alkyl halides is 1. The number of hydrogen-bond donors (Lipinski definition) is 1. The summed E-state index contributed by atoms with van der Waals surface area (Å²) in [5, 5.41) is 9.87. The quantitative estimate of drug-likeness (QED) is 0.628. The lowest BCUT2D eigenvalue weighted by Crippen LogP contribution is -2.16. The first-order valence-corrected chi connectivity index (χ1v) is 5.13. The molecule has 1 aromatic rings. The molecular weight excluding hydrogens is 184 g/mol. The highest BCUT2D eigenvalue weighted by Gasteiger charge is 2.49. The topological polar surface area (TPSA) is 20.2 Å². The zero-order chi connectivity index (χ0) is 9.00. The molecule has 0 radical (unpaired) electrons. The van der Waals surface area contributed by atoms with Crippen LogP contribution >= 0.6 is 11.6 Å². The first-order chi connectivity index (χ1) is 6.29. The Balaban J connectivity index is 2.18. The van der Waals surface area contributed by atoms with Gasteiger partial charge in [0.15, 0.2) is 0 Å². The van der Waals surface area contributed by atoms with Crippen molar-refractivity contribution < 1.29 is 5.11 Å². The van der Waals surface area contributed by atoms with Gasteiger partial charge in [0.25, 0.3) is 0 Å². The van der Waals surface area contributed by atoms with E-state index in [0.29, 0.717) is 5.92 Å². The predicted octanol–water partition coefficient (Wildman–Crippen LogP) is 2.24. The largest absolute Gasteiger partial charge is 0.392 e. The van der Waals surface area contributed by atoms with Gasteiger partial charge in [0.2, 0.25) is 0 Å². The predicted molar refractivity (Wildman–Crippen MR) is 52.2 cm³/mol. The summed E-state index contributed by atoms with van der Waals surface area (Å²) in [6.07, 6.45) is 0.623. The van der Waals surface area contributed by atoms with Crippen molar-refractivity contribution in [2.75, 3.05) is 0 Å². The monoisotopic (exact) mass is 194 g/mol. The van der Waals surface area contributed by atoms with Crippen molar-refractivity contribution >= 4 is 11.6 Å². The van der Waals surface area contributed by atoms with Crippen molar-refractivity contribution in [2.45, 2.75) is 29.7 Å². The molecule has 0 aliphatic heterocycles. The van der Waals surface area contributed by atoms with Crippen LogP contribution in [0, 0.1) is 0 Å². The second kappa shape index (κ2) is 2.49. The third-order valence-electron chi connectivity index (χ3n) is 3.39. The van der Waals surface area contributed by atoms with Crippen LogP contribution in [-0.2, 0) is 0 Å². The Labute approximate surface area is 82.3 Å². The molecule has 0 heterocycles. The zero-order valence-electron chi connectivity index (χ0n) is 7.15. The van der Waals surface area contributed by atoms with Gasteiger partial charge in [-0.25, -0.2) is 0 Å². The molecule has 0 saturated heterocycles. The van der Waals surface area contributed by atoms with Crippen LogP contribution in [0.15, 0.2) is 24.3 Å². The standard InChI is InChI=1S/C11H11ClO/c12-11-8-5-9(13)10(11)7-4-2-1-3-6(7)8/h1-4,8-11,13H,5H2. The minimum Gasteiger partial charge on any atom is -0.392 e. The highest BCUT2D eigenvalue weighted by Crippen LogP contribution is 2.55. The van der Waals surface area contributed by atoms with Crippen molar-refractivity contribution in [3.63, 3.8) is 0 Å². The van der Waals surface area contributed by atoms with E-state index in [1.54, 1.807) is 0 Å². The summed E-state index contributed by atoms with van der Waals surface area (Å²) in [5.41, 5.74) is 2.63.